The maximum absolute atomic E-state index is 13.0. The molecule has 2 aromatic heterocycles. The Bertz CT molecular complexity index is 1630. The van der Waals surface area contributed by atoms with Crippen molar-refractivity contribution in [3.8, 4) is 11.3 Å². The summed E-state index contributed by atoms with van der Waals surface area (Å²) in [4.78, 5) is 28.6. The Kier molecular flexibility index (Phi) is 7.37. The molecule has 9 nitrogen and oxygen atoms in total. The van der Waals surface area contributed by atoms with Gasteiger partial charge in [0.2, 0.25) is 0 Å². The number of rotatable bonds is 6. The Balaban J connectivity index is 1.13. The molecule has 0 radical (unpaired) electrons. The van der Waals surface area contributed by atoms with Crippen molar-refractivity contribution in [2.24, 2.45) is 7.05 Å². The van der Waals surface area contributed by atoms with Crippen LogP contribution >= 0.6 is 23.2 Å². The fourth-order valence-corrected chi connectivity index (χ4v) is 6.53. The molecule has 6 rings (SSSR count). The molecule has 0 saturated carbocycles. The van der Waals surface area contributed by atoms with Crippen molar-refractivity contribution < 1.29 is 9.90 Å². The van der Waals surface area contributed by atoms with Crippen LogP contribution in [0.4, 0.5) is 4.79 Å². The Labute approximate surface area is 242 Å². The van der Waals surface area contributed by atoms with Crippen LogP contribution in [0.5, 0.6) is 0 Å². The second-order valence-corrected chi connectivity index (χ2v) is 11.5. The number of likely N-dealkylation sites (tertiary alicyclic amines) is 1. The molecule has 0 bridgehead atoms. The summed E-state index contributed by atoms with van der Waals surface area (Å²) < 4.78 is 5.77. The highest BCUT2D eigenvalue weighted by Gasteiger charge is 2.29. The minimum Gasteiger partial charge on any atom is -0.465 e. The molecule has 11 heteroatoms. The van der Waals surface area contributed by atoms with Crippen LogP contribution in [0.15, 0.2) is 47.3 Å². The highest BCUT2D eigenvalue weighted by atomic mass is 35.5. The molecule has 1 N–H and O–H groups in total. The Morgan fingerprint density at radius 2 is 1.77 bits per heavy atom. The summed E-state index contributed by atoms with van der Waals surface area (Å²) >= 11 is 12.4. The maximum Gasteiger partial charge on any atom is 0.407 e. The lowest BCUT2D eigenvalue weighted by atomic mass is 10.0. The van der Waals surface area contributed by atoms with E-state index >= 15 is 0 Å². The molecular weight excluding hydrogens is 551 g/mol. The largest absolute Gasteiger partial charge is 0.465 e. The zero-order valence-corrected chi connectivity index (χ0v) is 23.9. The lowest BCUT2D eigenvalue weighted by Crippen LogP contribution is -2.38. The minimum atomic E-state index is -0.923. The highest BCUT2D eigenvalue weighted by Crippen LogP contribution is 2.34. The van der Waals surface area contributed by atoms with Gasteiger partial charge in [-0.05, 0) is 50.1 Å². The van der Waals surface area contributed by atoms with Crippen LogP contribution in [-0.4, -0.2) is 66.1 Å². The van der Waals surface area contributed by atoms with Crippen molar-refractivity contribution in [1.82, 2.24) is 28.7 Å². The maximum atomic E-state index is 13.0. The summed E-state index contributed by atoms with van der Waals surface area (Å²) in [6.45, 7) is 4.34. The lowest BCUT2D eigenvalue weighted by molar-refractivity contribution is 0.139. The number of para-hydroxylation sites is 2. The first-order chi connectivity index (χ1) is 19.3. The number of nitrogens with zero attached hydrogens (tertiary/aromatic N) is 6. The van der Waals surface area contributed by atoms with Gasteiger partial charge in [0.15, 0.2) is 0 Å². The molecule has 2 aliphatic rings. The summed E-state index contributed by atoms with van der Waals surface area (Å²) in [7, 11) is 1.84. The zero-order valence-electron chi connectivity index (χ0n) is 22.4. The zero-order chi connectivity index (χ0) is 28.0. The number of aromatic nitrogens is 4. The summed E-state index contributed by atoms with van der Waals surface area (Å²) in [6.07, 6.45) is 2.51. The topological polar surface area (TPSA) is 88.5 Å². The summed E-state index contributed by atoms with van der Waals surface area (Å²) in [5, 5.41) is 15.5. The smallest absolute Gasteiger partial charge is 0.407 e. The van der Waals surface area contributed by atoms with E-state index in [1.54, 1.807) is 16.7 Å². The fourth-order valence-electron chi connectivity index (χ4n) is 6.23. The van der Waals surface area contributed by atoms with Crippen molar-refractivity contribution in [2.45, 2.75) is 44.8 Å². The summed E-state index contributed by atoms with van der Waals surface area (Å²) in [5.41, 5.74) is 5.67. The number of amides is 1. The van der Waals surface area contributed by atoms with Gasteiger partial charge in [0.1, 0.15) is 0 Å². The van der Waals surface area contributed by atoms with E-state index in [1.165, 1.54) is 4.90 Å². The summed E-state index contributed by atoms with van der Waals surface area (Å²) in [6, 6.07) is 13.6. The van der Waals surface area contributed by atoms with Gasteiger partial charge in [0.25, 0.3) is 0 Å². The van der Waals surface area contributed by atoms with E-state index in [1.807, 2.05) is 41.9 Å². The van der Waals surface area contributed by atoms with Gasteiger partial charge < -0.3 is 14.9 Å². The molecule has 2 aromatic carbocycles. The first-order valence-corrected chi connectivity index (χ1v) is 14.5. The molecular formula is C29H32Cl2N6O3. The normalized spacial score (nSPS) is 16.5. The van der Waals surface area contributed by atoms with E-state index in [-0.39, 0.29) is 11.7 Å². The van der Waals surface area contributed by atoms with Crippen LogP contribution in [0, 0.1) is 0 Å². The van der Waals surface area contributed by atoms with E-state index in [9.17, 15) is 14.7 Å². The molecule has 0 spiro atoms. The van der Waals surface area contributed by atoms with Gasteiger partial charge in [0.05, 0.1) is 33.3 Å². The van der Waals surface area contributed by atoms with Gasteiger partial charge in [-0.3, -0.25) is 13.8 Å². The number of imidazole rings is 1. The third-order valence-corrected chi connectivity index (χ3v) is 9.10. The van der Waals surface area contributed by atoms with Crippen LogP contribution < -0.4 is 5.69 Å². The number of piperidine rings is 1. The molecule has 0 atom stereocenters. The number of aryl methyl sites for hydroxylation is 2. The first kappa shape index (κ1) is 26.9. The number of hydrogen-bond donors (Lipinski definition) is 1. The monoisotopic (exact) mass is 582 g/mol. The molecule has 210 valence electrons. The van der Waals surface area contributed by atoms with E-state index in [0.717, 1.165) is 79.0 Å². The highest BCUT2D eigenvalue weighted by molar-refractivity contribution is 6.42. The quantitative estimate of drug-likeness (QED) is 0.334. The van der Waals surface area contributed by atoms with Crippen molar-refractivity contribution in [3.63, 3.8) is 0 Å². The third kappa shape index (κ3) is 4.91. The molecule has 2 aliphatic heterocycles. The van der Waals surface area contributed by atoms with Crippen molar-refractivity contribution in [3.05, 3.63) is 74.3 Å². The minimum absolute atomic E-state index is 0.0577. The standard InChI is InChI=1S/C29H32Cl2N6O3/c1-33-25-5-2-3-6-26(25)37(28(33)38)20-9-14-34(15-10-20)12-4-13-36-24-11-16-35(29(39)40)18-21(24)27(32-36)19-7-8-22(30)23(31)17-19/h2-3,5-8,17,20H,4,9-16,18H2,1H3,(H,39,40). The Hall–Kier alpha value is -3.27. The van der Waals surface area contributed by atoms with Crippen molar-refractivity contribution >= 4 is 40.3 Å². The van der Waals surface area contributed by atoms with E-state index < -0.39 is 6.09 Å². The Morgan fingerprint density at radius 1 is 1.02 bits per heavy atom. The molecule has 4 heterocycles. The number of benzene rings is 2. The first-order valence-electron chi connectivity index (χ1n) is 13.7. The molecule has 40 heavy (non-hydrogen) atoms. The number of fused-ring (bicyclic) bond motifs is 2. The number of hydrogen-bond acceptors (Lipinski definition) is 4. The van der Waals surface area contributed by atoms with Crippen molar-refractivity contribution in [2.75, 3.05) is 26.2 Å². The molecule has 4 aromatic rings. The Morgan fingerprint density at radius 3 is 2.50 bits per heavy atom. The van der Waals surface area contributed by atoms with Gasteiger partial charge in [-0.15, -0.1) is 0 Å². The van der Waals surface area contributed by atoms with Crippen LogP contribution in [0.2, 0.25) is 10.0 Å². The average molecular weight is 584 g/mol. The SMILES string of the molecule is Cn1c(=O)n(C2CCN(CCCn3nc(-c4ccc(Cl)c(Cl)c4)c4c3CCN(C(=O)O)C4)CC2)c2ccccc21. The molecule has 0 aliphatic carbocycles. The van der Waals surface area contributed by atoms with Gasteiger partial charge >= 0.3 is 11.8 Å². The fraction of sp³-hybridized carbons (Fsp3) is 0.414. The predicted octanol–water partition coefficient (Wildman–Crippen LogP) is 5.27. The molecule has 1 saturated heterocycles. The number of halogens is 2. The summed E-state index contributed by atoms with van der Waals surface area (Å²) in [5.74, 6) is 0. The van der Waals surface area contributed by atoms with Crippen molar-refractivity contribution in [1.29, 1.82) is 0 Å². The van der Waals surface area contributed by atoms with Gasteiger partial charge in [-0.1, -0.05) is 41.4 Å². The third-order valence-electron chi connectivity index (χ3n) is 8.36. The average Bonchev–Trinajstić information content (AvgIpc) is 3.45. The van der Waals surface area contributed by atoms with Crippen LogP contribution in [0.25, 0.3) is 22.3 Å². The van der Waals surface area contributed by atoms with Crippen LogP contribution in [0.1, 0.15) is 36.6 Å². The number of carboxylic acid groups (broad SMARTS) is 1. The molecule has 1 fully saturated rings. The number of carbonyl (C=O) groups is 1. The molecule has 1 amide bonds. The van der Waals surface area contributed by atoms with Gasteiger partial charge in [-0.25, -0.2) is 9.59 Å². The van der Waals surface area contributed by atoms with E-state index in [0.29, 0.717) is 29.6 Å². The van der Waals surface area contributed by atoms with Gasteiger partial charge in [0, 0.05) is 62.5 Å². The van der Waals surface area contributed by atoms with Crippen LogP contribution in [0.3, 0.4) is 0 Å². The second-order valence-electron chi connectivity index (χ2n) is 10.7. The van der Waals surface area contributed by atoms with Gasteiger partial charge in [-0.2, -0.15) is 5.10 Å². The van der Waals surface area contributed by atoms with Crippen LogP contribution in [-0.2, 0) is 26.6 Å². The van der Waals surface area contributed by atoms with E-state index in [4.69, 9.17) is 28.3 Å². The molecule has 0 unspecified atom stereocenters. The van der Waals surface area contributed by atoms with E-state index in [2.05, 4.69) is 9.58 Å². The predicted molar refractivity (Wildman–Crippen MR) is 156 cm³/mol. The second kappa shape index (κ2) is 11.0. The lowest BCUT2D eigenvalue weighted by Gasteiger charge is -2.32.